The second-order valence-corrected chi connectivity index (χ2v) is 5.14. The Morgan fingerprint density at radius 1 is 1.61 bits per heavy atom. The topological polar surface area (TPSA) is 55.1 Å². The molecular formula is C12H14BrFN2OS. The predicted molar refractivity (Wildman–Crippen MR) is 77.0 cm³/mol. The van der Waals surface area contributed by atoms with Gasteiger partial charge in [0.25, 0.3) is 5.91 Å². The Labute approximate surface area is 119 Å². The van der Waals surface area contributed by atoms with Gasteiger partial charge in [0.05, 0.1) is 16.6 Å². The molecule has 0 aliphatic heterocycles. The summed E-state index contributed by atoms with van der Waals surface area (Å²) in [4.78, 5) is 12.2. The van der Waals surface area contributed by atoms with Crippen molar-refractivity contribution in [3.8, 4) is 0 Å². The standard InChI is InChI=1S/C12H14BrFN2OS/c1-2-4-9(11(15)18)16-12(17)10-7(13)5-3-6-8(10)14/h3,5-6,9H,2,4H2,1H3,(H2,15,18)(H,16,17). The third kappa shape index (κ3) is 3.74. The highest BCUT2D eigenvalue weighted by molar-refractivity contribution is 9.10. The van der Waals surface area contributed by atoms with Crippen LogP contribution in [-0.2, 0) is 0 Å². The van der Waals surface area contributed by atoms with Crippen LogP contribution in [0.25, 0.3) is 0 Å². The van der Waals surface area contributed by atoms with E-state index in [2.05, 4.69) is 21.2 Å². The predicted octanol–water partition coefficient (Wildman–Crippen LogP) is 2.77. The van der Waals surface area contributed by atoms with Gasteiger partial charge in [-0.15, -0.1) is 0 Å². The van der Waals surface area contributed by atoms with Gasteiger partial charge in [0.1, 0.15) is 5.82 Å². The van der Waals surface area contributed by atoms with Gasteiger partial charge < -0.3 is 11.1 Å². The van der Waals surface area contributed by atoms with Crippen molar-refractivity contribution in [1.82, 2.24) is 5.32 Å². The number of rotatable bonds is 5. The number of carbonyl (C=O) groups is 1. The second-order valence-electron chi connectivity index (χ2n) is 3.81. The fourth-order valence-corrected chi connectivity index (χ4v) is 2.22. The zero-order valence-electron chi connectivity index (χ0n) is 9.87. The summed E-state index contributed by atoms with van der Waals surface area (Å²) in [6.45, 7) is 1.95. The van der Waals surface area contributed by atoms with Gasteiger partial charge in [-0.3, -0.25) is 4.79 Å². The molecule has 1 aromatic carbocycles. The molecule has 0 heterocycles. The highest BCUT2D eigenvalue weighted by atomic mass is 79.9. The van der Waals surface area contributed by atoms with Crippen LogP contribution in [0.3, 0.4) is 0 Å². The highest BCUT2D eigenvalue weighted by Crippen LogP contribution is 2.19. The molecule has 0 saturated carbocycles. The van der Waals surface area contributed by atoms with Crippen LogP contribution in [0.5, 0.6) is 0 Å². The largest absolute Gasteiger partial charge is 0.392 e. The Kier molecular flexibility index (Phi) is 5.68. The molecule has 0 spiro atoms. The molecule has 98 valence electrons. The Bertz CT molecular complexity index is 447. The third-order valence-corrected chi connectivity index (χ3v) is 3.36. The van der Waals surface area contributed by atoms with E-state index in [1.165, 1.54) is 12.1 Å². The minimum absolute atomic E-state index is 0.0325. The van der Waals surface area contributed by atoms with Crippen molar-refractivity contribution in [2.24, 2.45) is 5.73 Å². The zero-order chi connectivity index (χ0) is 13.7. The molecule has 18 heavy (non-hydrogen) atoms. The van der Waals surface area contributed by atoms with Crippen LogP contribution in [0.15, 0.2) is 22.7 Å². The summed E-state index contributed by atoms with van der Waals surface area (Å²) < 4.78 is 14.0. The number of amides is 1. The summed E-state index contributed by atoms with van der Waals surface area (Å²) >= 11 is 8.02. The third-order valence-electron chi connectivity index (χ3n) is 2.42. The smallest absolute Gasteiger partial charge is 0.255 e. The molecular weight excluding hydrogens is 319 g/mol. The first kappa shape index (κ1) is 15.0. The minimum atomic E-state index is -0.583. The van der Waals surface area contributed by atoms with Gasteiger partial charge in [0.2, 0.25) is 0 Å². The van der Waals surface area contributed by atoms with E-state index < -0.39 is 17.8 Å². The lowest BCUT2D eigenvalue weighted by Gasteiger charge is -2.17. The average molecular weight is 333 g/mol. The van der Waals surface area contributed by atoms with Crippen molar-refractivity contribution in [3.05, 3.63) is 34.1 Å². The number of nitrogens with one attached hydrogen (secondary N) is 1. The van der Waals surface area contributed by atoms with Gasteiger partial charge in [-0.2, -0.15) is 0 Å². The Morgan fingerprint density at radius 2 is 2.28 bits per heavy atom. The SMILES string of the molecule is CCCC(NC(=O)c1c(F)cccc1Br)C(N)=S. The molecule has 1 rings (SSSR count). The number of hydrogen-bond acceptors (Lipinski definition) is 2. The van der Waals surface area contributed by atoms with Gasteiger partial charge in [0, 0.05) is 4.47 Å². The monoisotopic (exact) mass is 332 g/mol. The zero-order valence-corrected chi connectivity index (χ0v) is 12.3. The van der Waals surface area contributed by atoms with Gasteiger partial charge >= 0.3 is 0 Å². The van der Waals surface area contributed by atoms with E-state index in [0.717, 1.165) is 6.42 Å². The van der Waals surface area contributed by atoms with E-state index in [9.17, 15) is 9.18 Å². The van der Waals surface area contributed by atoms with Crippen LogP contribution in [0, 0.1) is 5.82 Å². The second kappa shape index (κ2) is 6.80. The molecule has 0 radical (unpaired) electrons. The lowest BCUT2D eigenvalue weighted by Crippen LogP contribution is -2.43. The van der Waals surface area contributed by atoms with Crippen molar-refractivity contribution in [3.63, 3.8) is 0 Å². The molecule has 0 fully saturated rings. The molecule has 0 saturated heterocycles. The number of hydrogen-bond donors (Lipinski definition) is 2. The van der Waals surface area contributed by atoms with Crippen molar-refractivity contribution in [2.45, 2.75) is 25.8 Å². The quantitative estimate of drug-likeness (QED) is 0.815. The normalized spacial score (nSPS) is 11.9. The minimum Gasteiger partial charge on any atom is -0.392 e. The van der Waals surface area contributed by atoms with Crippen molar-refractivity contribution in [1.29, 1.82) is 0 Å². The molecule has 1 amide bonds. The Morgan fingerprint density at radius 3 is 2.78 bits per heavy atom. The number of halogens is 2. The van der Waals surface area contributed by atoms with E-state index in [-0.39, 0.29) is 10.6 Å². The number of thiocarbonyl (C=S) groups is 1. The Balaban J connectivity index is 2.90. The van der Waals surface area contributed by atoms with Gasteiger partial charge in [0.15, 0.2) is 0 Å². The van der Waals surface area contributed by atoms with Crippen molar-refractivity contribution >= 4 is 39.0 Å². The highest BCUT2D eigenvalue weighted by Gasteiger charge is 2.20. The summed E-state index contributed by atoms with van der Waals surface area (Å²) in [5.41, 5.74) is 5.50. The van der Waals surface area contributed by atoms with E-state index in [4.69, 9.17) is 18.0 Å². The fourth-order valence-electron chi connectivity index (χ4n) is 1.52. The first-order valence-corrected chi connectivity index (χ1v) is 6.71. The van der Waals surface area contributed by atoms with Gasteiger partial charge in [-0.05, 0) is 34.5 Å². The lowest BCUT2D eigenvalue weighted by molar-refractivity contribution is 0.0941. The number of nitrogens with two attached hydrogens (primary N) is 1. The molecule has 0 bridgehead atoms. The van der Waals surface area contributed by atoms with Crippen LogP contribution in [0.2, 0.25) is 0 Å². The average Bonchev–Trinajstić information content (AvgIpc) is 2.28. The van der Waals surface area contributed by atoms with E-state index in [0.29, 0.717) is 10.9 Å². The van der Waals surface area contributed by atoms with Crippen LogP contribution < -0.4 is 11.1 Å². The number of carbonyl (C=O) groups excluding carboxylic acids is 1. The molecule has 6 heteroatoms. The first-order chi connectivity index (χ1) is 8.47. The van der Waals surface area contributed by atoms with Crippen LogP contribution in [0.1, 0.15) is 30.1 Å². The maximum atomic E-state index is 13.6. The lowest BCUT2D eigenvalue weighted by atomic mass is 10.1. The summed E-state index contributed by atoms with van der Waals surface area (Å²) in [5, 5.41) is 2.64. The molecule has 1 unspecified atom stereocenters. The fraction of sp³-hybridized carbons (Fsp3) is 0.333. The molecule has 0 aliphatic rings. The summed E-state index contributed by atoms with van der Waals surface area (Å²) in [6.07, 6.45) is 1.45. The van der Waals surface area contributed by atoms with Gasteiger partial charge in [-0.1, -0.05) is 31.6 Å². The molecule has 3 N–H and O–H groups in total. The summed E-state index contributed by atoms with van der Waals surface area (Å²) in [6, 6.07) is 3.94. The summed E-state index contributed by atoms with van der Waals surface area (Å²) in [5.74, 6) is -1.11. The van der Waals surface area contributed by atoms with Crippen LogP contribution in [0.4, 0.5) is 4.39 Å². The molecule has 1 atom stereocenters. The van der Waals surface area contributed by atoms with E-state index in [1.807, 2.05) is 6.92 Å². The van der Waals surface area contributed by atoms with E-state index >= 15 is 0 Å². The molecule has 0 aliphatic carbocycles. The van der Waals surface area contributed by atoms with Crippen LogP contribution in [-0.4, -0.2) is 16.9 Å². The van der Waals surface area contributed by atoms with E-state index in [1.54, 1.807) is 6.07 Å². The maximum Gasteiger partial charge on any atom is 0.255 e. The molecule has 1 aromatic rings. The molecule has 3 nitrogen and oxygen atoms in total. The van der Waals surface area contributed by atoms with Crippen molar-refractivity contribution < 1.29 is 9.18 Å². The maximum absolute atomic E-state index is 13.6. The molecule has 0 aromatic heterocycles. The Hall–Kier alpha value is -1.01. The van der Waals surface area contributed by atoms with Crippen LogP contribution >= 0.6 is 28.1 Å². The number of benzene rings is 1. The van der Waals surface area contributed by atoms with Crippen molar-refractivity contribution in [2.75, 3.05) is 0 Å². The first-order valence-electron chi connectivity index (χ1n) is 5.51. The summed E-state index contributed by atoms with van der Waals surface area (Å²) in [7, 11) is 0. The van der Waals surface area contributed by atoms with Gasteiger partial charge in [-0.25, -0.2) is 4.39 Å².